The van der Waals surface area contributed by atoms with Crippen LogP contribution in [0.15, 0.2) is 48.5 Å². The van der Waals surface area contributed by atoms with Crippen molar-refractivity contribution in [2.75, 3.05) is 18.5 Å². The van der Waals surface area contributed by atoms with Crippen molar-refractivity contribution in [3.8, 4) is 11.5 Å². The van der Waals surface area contributed by atoms with Gasteiger partial charge in [0.2, 0.25) is 0 Å². The van der Waals surface area contributed by atoms with Crippen molar-refractivity contribution in [3.05, 3.63) is 54.1 Å². The third-order valence-electron chi connectivity index (χ3n) is 3.18. The molecule has 2 aromatic carbocycles. The van der Waals surface area contributed by atoms with Gasteiger partial charge in [-0.1, -0.05) is 38.1 Å². The highest BCUT2D eigenvalue weighted by atomic mass is 16.5. The first-order valence-corrected chi connectivity index (χ1v) is 7.86. The fourth-order valence-corrected chi connectivity index (χ4v) is 2.06. The molecule has 0 bridgehead atoms. The van der Waals surface area contributed by atoms with Gasteiger partial charge < -0.3 is 14.8 Å². The fraction of sp³-hybridized carbons (Fsp3) is 0.368. The lowest BCUT2D eigenvalue weighted by Crippen LogP contribution is -2.05. The van der Waals surface area contributed by atoms with Crippen molar-refractivity contribution >= 4 is 5.69 Å². The van der Waals surface area contributed by atoms with Gasteiger partial charge in [-0.15, -0.1) is 0 Å². The van der Waals surface area contributed by atoms with Crippen LogP contribution in [0.3, 0.4) is 0 Å². The first-order valence-electron chi connectivity index (χ1n) is 7.86. The van der Waals surface area contributed by atoms with Crippen molar-refractivity contribution in [3.63, 3.8) is 0 Å². The lowest BCUT2D eigenvalue weighted by atomic mass is 10.2. The third kappa shape index (κ3) is 4.99. The van der Waals surface area contributed by atoms with E-state index in [2.05, 4.69) is 31.3 Å². The second kappa shape index (κ2) is 8.32. The predicted molar refractivity (Wildman–Crippen MR) is 91.7 cm³/mol. The molecule has 118 valence electrons. The molecular weight excluding hydrogens is 274 g/mol. The second-order valence-electron chi connectivity index (χ2n) is 5.63. The van der Waals surface area contributed by atoms with E-state index in [1.54, 1.807) is 0 Å². The molecule has 0 atom stereocenters. The van der Waals surface area contributed by atoms with Gasteiger partial charge in [-0.3, -0.25) is 0 Å². The van der Waals surface area contributed by atoms with Crippen LogP contribution in [0.25, 0.3) is 0 Å². The minimum atomic E-state index is 0.538. The lowest BCUT2D eigenvalue weighted by molar-refractivity contribution is 0.271. The van der Waals surface area contributed by atoms with Crippen molar-refractivity contribution in [1.29, 1.82) is 0 Å². The van der Waals surface area contributed by atoms with Gasteiger partial charge in [-0.2, -0.15) is 0 Å². The number of benzene rings is 2. The highest BCUT2D eigenvalue weighted by molar-refractivity contribution is 5.56. The summed E-state index contributed by atoms with van der Waals surface area (Å²) in [7, 11) is 0. The zero-order valence-electron chi connectivity index (χ0n) is 13.6. The Hall–Kier alpha value is -2.16. The van der Waals surface area contributed by atoms with Crippen LogP contribution in [-0.4, -0.2) is 13.2 Å². The van der Waals surface area contributed by atoms with E-state index in [9.17, 15) is 0 Å². The van der Waals surface area contributed by atoms with E-state index in [4.69, 9.17) is 9.47 Å². The largest absolute Gasteiger partial charge is 0.493 e. The molecule has 0 aliphatic rings. The SMILES string of the molecule is CCOc1ccccc1NCc1ccc(OCC(C)C)cc1. The maximum atomic E-state index is 5.70. The van der Waals surface area contributed by atoms with Crippen LogP contribution in [0.4, 0.5) is 5.69 Å². The lowest BCUT2D eigenvalue weighted by Gasteiger charge is -2.13. The molecule has 0 spiro atoms. The Bertz CT molecular complexity index is 564. The molecule has 22 heavy (non-hydrogen) atoms. The van der Waals surface area contributed by atoms with Gasteiger partial charge in [0.25, 0.3) is 0 Å². The van der Waals surface area contributed by atoms with Gasteiger partial charge in [-0.05, 0) is 42.7 Å². The normalized spacial score (nSPS) is 10.5. The molecule has 0 unspecified atom stereocenters. The van der Waals surface area contributed by atoms with E-state index < -0.39 is 0 Å². The summed E-state index contributed by atoms with van der Waals surface area (Å²) in [5, 5.41) is 3.42. The predicted octanol–water partition coefficient (Wildman–Crippen LogP) is 4.73. The van der Waals surface area contributed by atoms with Crippen molar-refractivity contribution in [2.24, 2.45) is 5.92 Å². The Balaban J connectivity index is 1.92. The summed E-state index contributed by atoms with van der Waals surface area (Å²) in [6.07, 6.45) is 0. The van der Waals surface area contributed by atoms with Gasteiger partial charge >= 0.3 is 0 Å². The number of hydrogen-bond acceptors (Lipinski definition) is 3. The van der Waals surface area contributed by atoms with Crippen LogP contribution in [0.5, 0.6) is 11.5 Å². The zero-order chi connectivity index (χ0) is 15.8. The van der Waals surface area contributed by atoms with E-state index >= 15 is 0 Å². The highest BCUT2D eigenvalue weighted by Gasteiger charge is 2.02. The smallest absolute Gasteiger partial charge is 0.142 e. The Kier molecular flexibility index (Phi) is 6.13. The molecule has 2 aromatic rings. The summed E-state index contributed by atoms with van der Waals surface area (Å²) in [6.45, 7) is 8.46. The van der Waals surface area contributed by atoms with Crippen LogP contribution >= 0.6 is 0 Å². The number of para-hydroxylation sites is 2. The average molecular weight is 299 g/mol. The number of rotatable bonds is 8. The molecule has 1 N–H and O–H groups in total. The summed E-state index contributed by atoms with van der Waals surface area (Å²) in [4.78, 5) is 0. The maximum absolute atomic E-state index is 5.70. The van der Waals surface area contributed by atoms with Crippen LogP contribution in [0, 0.1) is 5.92 Å². The summed E-state index contributed by atoms with van der Waals surface area (Å²) < 4.78 is 11.3. The quantitative estimate of drug-likeness (QED) is 0.764. The molecule has 2 rings (SSSR count). The zero-order valence-corrected chi connectivity index (χ0v) is 13.6. The molecule has 0 aliphatic heterocycles. The Morgan fingerprint density at radius 2 is 1.68 bits per heavy atom. The van der Waals surface area contributed by atoms with Gasteiger partial charge in [0.1, 0.15) is 11.5 Å². The summed E-state index contributed by atoms with van der Waals surface area (Å²) >= 11 is 0. The first kappa shape index (κ1) is 16.2. The molecular formula is C19H25NO2. The second-order valence-corrected chi connectivity index (χ2v) is 5.63. The van der Waals surface area contributed by atoms with E-state index in [0.29, 0.717) is 12.5 Å². The Labute approximate surface area is 133 Å². The molecule has 3 nitrogen and oxygen atoms in total. The number of nitrogens with one attached hydrogen (secondary N) is 1. The average Bonchev–Trinajstić information content (AvgIpc) is 2.53. The Morgan fingerprint density at radius 1 is 0.955 bits per heavy atom. The van der Waals surface area contributed by atoms with E-state index in [1.807, 2.05) is 43.3 Å². The maximum Gasteiger partial charge on any atom is 0.142 e. The molecule has 0 fully saturated rings. The summed E-state index contributed by atoms with van der Waals surface area (Å²) in [5.74, 6) is 2.35. The number of hydrogen-bond donors (Lipinski definition) is 1. The molecule has 0 aromatic heterocycles. The monoisotopic (exact) mass is 299 g/mol. The Morgan fingerprint density at radius 3 is 2.36 bits per heavy atom. The summed E-state index contributed by atoms with van der Waals surface area (Å²) in [5.41, 5.74) is 2.23. The van der Waals surface area contributed by atoms with Crippen LogP contribution in [0.2, 0.25) is 0 Å². The fourth-order valence-electron chi connectivity index (χ4n) is 2.06. The van der Waals surface area contributed by atoms with Crippen molar-refractivity contribution in [2.45, 2.75) is 27.3 Å². The van der Waals surface area contributed by atoms with E-state index in [1.165, 1.54) is 5.56 Å². The van der Waals surface area contributed by atoms with Crippen molar-refractivity contribution in [1.82, 2.24) is 0 Å². The number of anilines is 1. The topological polar surface area (TPSA) is 30.5 Å². The van der Waals surface area contributed by atoms with Gasteiger partial charge in [0, 0.05) is 6.54 Å². The van der Waals surface area contributed by atoms with E-state index in [-0.39, 0.29) is 0 Å². The molecule has 0 amide bonds. The summed E-state index contributed by atoms with van der Waals surface area (Å²) in [6, 6.07) is 16.2. The molecule has 0 radical (unpaired) electrons. The van der Waals surface area contributed by atoms with Crippen LogP contribution < -0.4 is 14.8 Å². The first-order chi connectivity index (χ1) is 10.7. The van der Waals surface area contributed by atoms with Gasteiger partial charge in [0.15, 0.2) is 0 Å². The highest BCUT2D eigenvalue weighted by Crippen LogP contribution is 2.24. The third-order valence-corrected chi connectivity index (χ3v) is 3.18. The molecule has 0 heterocycles. The minimum absolute atomic E-state index is 0.538. The van der Waals surface area contributed by atoms with Gasteiger partial charge in [0.05, 0.1) is 18.9 Å². The standard InChI is InChI=1S/C19H25NO2/c1-4-21-19-8-6-5-7-18(19)20-13-16-9-11-17(12-10-16)22-14-15(2)3/h5-12,15,20H,4,13-14H2,1-3H3. The van der Waals surface area contributed by atoms with E-state index in [0.717, 1.165) is 30.3 Å². The molecule has 0 saturated heterocycles. The number of ether oxygens (including phenoxy) is 2. The van der Waals surface area contributed by atoms with Crippen LogP contribution in [-0.2, 0) is 6.54 Å². The van der Waals surface area contributed by atoms with Crippen LogP contribution in [0.1, 0.15) is 26.3 Å². The van der Waals surface area contributed by atoms with Gasteiger partial charge in [-0.25, -0.2) is 0 Å². The minimum Gasteiger partial charge on any atom is -0.493 e. The molecule has 0 saturated carbocycles. The molecule has 3 heteroatoms. The van der Waals surface area contributed by atoms with Crippen molar-refractivity contribution < 1.29 is 9.47 Å². The molecule has 0 aliphatic carbocycles.